The van der Waals surface area contributed by atoms with Gasteiger partial charge < -0.3 is 4.42 Å². The molecule has 6 heteroatoms. The maximum atomic E-state index is 5.57. The van der Waals surface area contributed by atoms with Gasteiger partial charge in [0.1, 0.15) is 5.76 Å². The number of hydrogen-bond acceptors (Lipinski definition) is 4. The molecule has 0 amide bonds. The molecule has 2 rings (SSSR count). The third-order valence-corrected chi connectivity index (χ3v) is 4.68. The van der Waals surface area contributed by atoms with E-state index in [-0.39, 0.29) is 6.04 Å². The summed E-state index contributed by atoms with van der Waals surface area (Å²) >= 11 is 8.58. The van der Waals surface area contributed by atoms with E-state index in [2.05, 4.69) is 49.4 Å². The summed E-state index contributed by atoms with van der Waals surface area (Å²) in [6.45, 7) is 0. The molecule has 1 aromatic heterocycles. The Hall–Kier alpha value is -0.270. The Labute approximate surface area is 127 Å². The molecule has 0 spiro atoms. The summed E-state index contributed by atoms with van der Waals surface area (Å²) < 4.78 is 7.42. The second kappa shape index (κ2) is 6.77. The molecule has 0 aliphatic carbocycles. The lowest BCUT2D eigenvalue weighted by Gasteiger charge is -2.13. The van der Waals surface area contributed by atoms with Crippen LogP contribution in [0.3, 0.4) is 0 Å². The molecule has 0 radical (unpaired) electrons. The number of halogens is 2. The fourth-order valence-corrected chi connectivity index (χ4v) is 3.14. The zero-order valence-electron chi connectivity index (χ0n) is 9.40. The molecule has 1 unspecified atom stereocenters. The smallest absolute Gasteiger partial charge is 0.137 e. The minimum Gasteiger partial charge on any atom is -0.466 e. The second-order valence-corrected chi connectivity index (χ2v) is 6.48. The SMILES string of the molecule is NNC(CSc1ccc(Br)cc1)c1occc1Br. The lowest BCUT2D eigenvalue weighted by atomic mass is 10.3. The first-order chi connectivity index (χ1) is 8.70. The van der Waals surface area contributed by atoms with Crippen LogP contribution >= 0.6 is 43.6 Å². The number of nitrogens with two attached hydrogens (primary N) is 1. The standard InChI is InChI=1S/C12H12Br2N2OS/c13-8-1-3-9(4-2-8)18-7-11(16-15)12-10(14)5-6-17-12/h1-6,11,16H,7,15H2. The van der Waals surface area contributed by atoms with Crippen LogP contribution in [0.1, 0.15) is 11.8 Å². The number of thioether (sulfide) groups is 1. The average Bonchev–Trinajstić information content (AvgIpc) is 2.79. The van der Waals surface area contributed by atoms with Crippen LogP contribution < -0.4 is 11.3 Å². The van der Waals surface area contributed by atoms with E-state index in [1.54, 1.807) is 18.0 Å². The monoisotopic (exact) mass is 390 g/mol. The van der Waals surface area contributed by atoms with Crippen molar-refractivity contribution in [3.05, 3.63) is 51.3 Å². The van der Waals surface area contributed by atoms with E-state index in [0.29, 0.717) is 0 Å². The van der Waals surface area contributed by atoms with Gasteiger partial charge in [0.15, 0.2) is 0 Å². The Kier molecular flexibility index (Phi) is 5.32. The highest BCUT2D eigenvalue weighted by Gasteiger charge is 2.16. The normalized spacial score (nSPS) is 12.6. The molecular weight excluding hydrogens is 380 g/mol. The Morgan fingerprint density at radius 1 is 1.22 bits per heavy atom. The van der Waals surface area contributed by atoms with Gasteiger partial charge in [-0.15, -0.1) is 11.8 Å². The van der Waals surface area contributed by atoms with Crippen molar-refractivity contribution in [3.8, 4) is 0 Å². The molecule has 1 heterocycles. The van der Waals surface area contributed by atoms with E-state index in [9.17, 15) is 0 Å². The van der Waals surface area contributed by atoms with Gasteiger partial charge in [0.25, 0.3) is 0 Å². The Morgan fingerprint density at radius 3 is 2.50 bits per heavy atom. The molecule has 1 atom stereocenters. The van der Waals surface area contributed by atoms with Crippen LogP contribution in [0.4, 0.5) is 0 Å². The van der Waals surface area contributed by atoms with E-state index in [1.165, 1.54) is 4.90 Å². The lowest BCUT2D eigenvalue weighted by Crippen LogP contribution is -2.29. The highest BCUT2D eigenvalue weighted by Crippen LogP contribution is 2.29. The second-order valence-electron chi connectivity index (χ2n) is 3.62. The minimum atomic E-state index is -0.0250. The quantitative estimate of drug-likeness (QED) is 0.457. The van der Waals surface area contributed by atoms with Gasteiger partial charge in [0.2, 0.25) is 0 Å². The molecule has 3 N–H and O–H groups in total. The van der Waals surface area contributed by atoms with E-state index < -0.39 is 0 Å². The van der Waals surface area contributed by atoms with Crippen LogP contribution in [0.5, 0.6) is 0 Å². The van der Waals surface area contributed by atoms with Crippen molar-refractivity contribution < 1.29 is 4.42 Å². The highest BCUT2D eigenvalue weighted by atomic mass is 79.9. The first-order valence-corrected chi connectivity index (χ1v) is 7.85. The van der Waals surface area contributed by atoms with Gasteiger partial charge in [0.05, 0.1) is 16.8 Å². The number of hydrazine groups is 1. The molecule has 0 saturated heterocycles. The van der Waals surface area contributed by atoms with E-state index >= 15 is 0 Å². The third-order valence-electron chi connectivity index (χ3n) is 2.39. The predicted octanol–water partition coefficient (Wildman–Crippen LogP) is 4.10. The van der Waals surface area contributed by atoms with E-state index in [4.69, 9.17) is 10.3 Å². The van der Waals surface area contributed by atoms with Crippen LogP contribution in [0.25, 0.3) is 0 Å². The summed E-state index contributed by atoms with van der Waals surface area (Å²) in [5.74, 6) is 7.19. The molecule has 0 aliphatic heterocycles. The van der Waals surface area contributed by atoms with Crippen molar-refractivity contribution in [1.82, 2.24) is 5.43 Å². The van der Waals surface area contributed by atoms with Gasteiger partial charge >= 0.3 is 0 Å². The summed E-state index contributed by atoms with van der Waals surface area (Å²) in [6, 6.07) is 10.0. The number of furan rings is 1. The maximum Gasteiger partial charge on any atom is 0.137 e. The molecule has 0 saturated carbocycles. The van der Waals surface area contributed by atoms with Gasteiger partial charge in [-0.2, -0.15) is 0 Å². The van der Waals surface area contributed by atoms with Crippen LogP contribution in [0.15, 0.2) is 54.9 Å². The Bertz CT molecular complexity index is 501. The fourth-order valence-electron chi connectivity index (χ4n) is 1.46. The van der Waals surface area contributed by atoms with Gasteiger partial charge in [0, 0.05) is 15.1 Å². The molecule has 96 valence electrons. The van der Waals surface area contributed by atoms with Crippen molar-refractivity contribution in [2.24, 2.45) is 5.84 Å². The number of rotatable bonds is 5. The van der Waals surface area contributed by atoms with Crippen molar-refractivity contribution in [1.29, 1.82) is 0 Å². The van der Waals surface area contributed by atoms with E-state index in [0.717, 1.165) is 20.5 Å². The van der Waals surface area contributed by atoms with Gasteiger partial charge in [-0.3, -0.25) is 5.84 Å². The first-order valence-electron chi connectivity index (χ1n) is 5.28. The molecule has 0 fully saturated rings. The van der Waals surface area contributed by atoms with Gasteiger partial charge in [-0.1, -0.05) is 15.9 Å². The predicted molar refractivity (Wildman–Crippen MR) is 81.3 cm³/mol. The van der Waals surface area contributed by atoms with Crippen LogP contribution in [-0.2, 0) is 0 Å². The summed E-state index contributed by atoms with van der Waals surface area (Å²) in [5.41, 5.74) is 2.77. The van der Waals surface area contributed by atoms with Gasteiger partial charge in [-0.25, -0.2) is 5.43 Å². The third kappa shape index (κ3) is 3.61. The lowest BCUT2D eigenvalue weighted by molar-refractivity contribution is 0.438. The fraction of sp³-hybridized carbons (Fsp3) is 0.167. The molecule has 18 heavy (non-hydrogen) atoms. The average molecular weight is 392 g/mol. The highest BCUT2D eigenvalue weighted by molar-refractivity contribution is 9.10. The number of benzene rings is 1. The minimum absolute atomic E-state index is 0.0250. The largest absolute Gasteiger partial charge is 0.466 e. The summed E-state index contributed by atoms with van der Waals surface area (Å²) in [4.78, 5) is 1.20. The van der Waals surface area contributed by atoms with Crippen LogP contribution in [0.2, 0.25) is 0 Å². The van der Waals surface area contributed by atoms with Crippen molar-refractivity contribution in [2.45, 2.75) is 10.9 Å². The molecule has 0 bridgehead atoms. The first kappa shape index (κ1) is 14.1. The van der Waals surface area contributed by atoms with Crippen molar-refractivity contribution in [3.63, 3.8) is 0 Å². The number of hydrogen-bond donors (Lipinski definition) is 2. The topological polar surface area (TPSA) is 51.2 Å². The van der Waals surface area contributed by atoms with Crippen LogP contribution in [-0.4, -0.2) is 5.75 Å². The summed E-state index contributed by atoms with van der Waals surface area (Å²) in [6.07, 6.45) is 1.65. The molecule has 2 aromatic rings. The zero-order valence-corrected chi connectivity index (χ0v) is 13.4. The molecule has 1 aromatic carbocycles. The molecular formula is C12H12Br2N2OS. The molecule has 0 aliphatic rings. The Morgan fingerprint density at radius 2 is 1.94 bits per heavy atom. The molecule has 3 nitrogen and oxygen atoms in total. The number of nitrogens with one attached hydrogen (secondary N) is 1. The zero-order chi connectivity index (χ0) is 13.0. The summed E-state index contributed by atoms with van der Waals surface area (Å²) in [5, 5.41) is 0. The van der Waals surface area contributed by atoms with Crippen molar-refractivity contribution >= 4 is 43.6 Å². The van der Waals surface area contributed by atoms with E-state index in [1.807, 2.05) is 18.2 Å². The van der Waals surface area contributed by atoms with Crippen molar-refractivity contribution in [2.75, 3.05) is 5.75 Å². The summed E-state index contributed by atoms with van der Waals surface area (Å²) in [7, 11) is 0. The van der Waals surface area contributed by atoms with Crippen LogP contribution in [0, 0.1) is 0 Å². The maximum absolute atomic E-state index is 5.57. The van der Waals surface area contributed by atoms with Gasteiger partial charge in [-0.05, 0) is 46.3 Å². The Balaban J connectivity index is 2.00.